The maximum Gasteiger partial charge on any atom is 0.281 e. The van der Waals surface area contributed by atoms with Gasteiger partial charge in [-0.2, -0.15) is 22.1 Å². The summed E-state index contributed by atoms with van der Waals surface area (Å²) in [6.07, 6.45) is 9.61. The Kier molecular flexibility index (Phi) is 5.16. The predicted octanol–water partition coefficient (Wildman–Crippen LogP) is 0.938. The van der Waals surface area contributed by atoms with E-state index in [2.05, 4.69) is 15.1 Å². The number of hydrogen-bond acceptors (Lipinski definition) is 5. The van der Waals surface area contributed by atoms with Crippen LogP contribution < -0.4 is 0 Å². The summed E-state index contributed by atoms with van der Waals surface area (Å²) in [7, 11) is 1.64. The van der Waals surface area contributed by atoms with Gasteiger partial charge in [-0.05, 0) is 25.2 Å². The highest BCUT2D eigenvalue weighted by molar-refractivity contribution is 7.86. The molecule has 0 N–H and O–H groups in total. The first-order valence-corrected chi connectivity index (χ1v) is 9.74. The van der Waals surface area contributed by atoms with Crippen molar-refractivity contribution in [2.24, 2.45) is 13.0 Å². The van der Waals surface area contributed by atoms with Crippen LogP contribution in [0.4, 0.5) is 0 Å². The molecule has 3 rings (SSSR count). The first-order valence-electron chi connectivity index (χ1n) is 8.34. The number of aromatic nitrogens is 4. The fourth-order valence-electron chi connectivity index (χ4n) is 3.21. The van der Waals surface area contributed by atoms with E-state index in [1.807, 2.05) is 13.2 Å². The zero-order valence-corrected chi connectivity index (χ0v) is 15.6. The molecule has 25 heavy (non-hydrogen) atoms. The minimum atomic E-state index is -3.37. The van der Waals surface area contributed by atoms with E-state index in [1.54, 1.807) is 41.7 Å². The van der Waals surface area contributed by atoms with Crippen LogP contribution in [0.1, 0.15) is 18.5 Å². The van der Waals surface area contributed by atoms with Crippen molar-refractivity contribution in [2.75, 3.05) is 27.2 Å². The first-order chi connectivity index (χ1) is 11.9. The fraction of sp³-hybridized carbons (Fsp3) is 0.562. The van der Waals surface area contributed by atoms with Gasteiger partial charge in [0.25, 0.3) is 10.2 Å². The van der Waals surface area contributed by atoms with Crippen LogP contribution in [0.3, 0.4) is 0 Å². The van der Waals surface area contributed by atoms with E-state index >= 15 is 0 Å². The molecule has 3 heterocycles. The average molecular weight is 364 g/mol. The molecule has 0 unspecified atom stereocenters. The van der Waals surface area contributed by atoms with Crippen LogP contribution >= 0.6 is 0 Å². The highest BCUT2D eigenvalue weighted by Gasteiger charge is 2.31. The minimum absolute atomic E-state index is 0.232. The lowest BCUT2D eigenvalue weighted by molar-refractivity contribution is 0.253. The molecule has 2 aromatic rings. The Bertz CT molecular complexity index is 833. The number of rotatable bonds is 5. The largest absolute Gasteiger partial charge is 0.281 e. The standard InChI is InChI=1S/C16H24N6O2S/c1-20(2)25(23,24)22-8-4-5-13(11-22)9-15-16(18-7-6-17-15)14-10-19-21(3)12-14/h6-7,10,12-13H,4-5,8-9,11H2,1-3H3/t13-/m1/s1. The molecule has 0 aliphatic carbocycles. The molecule has 0 radical (unpaired) electrons. The molecule has 0 amide bonds. The van der Waals surface area contributed by atoms with E-state index in [9.17, 15) is 8.42 Å². The topological polar surface area (TPSA) is 84.2 Å². The number of piperidine rings is 1. The first kappa shape index (κ1) is 18.0. The second kappa shape index (κ2) is 7.19. The van der Waals surface area contributed by atoms with E-state index in [0.29, 0.717) is 19.5 Å². The van der Waals surface area contributed by atoms with E-state index < -0.39 is 10.2 Å². The third-order valence-electron chi connectivity index (χ3n) is 4.50. The van der Waals surface area contributed by atoms with Crippen LogP contribution in [-0.2, 0) is 23.7 Å². The van der Waals surface area contributed by atoms with Crippen LogP contribution in [0.2, 0.25) is 0 Å². The van der Waals surface area contributed by atoms with Crippen molar-refractivity contribution in [3.05, 3.63) is 30.5 Å². The molecule has 0 aromatic carbocycles. The van der Waals surface area contributed by atoms with Crippen LogP contribution in [0.15, 0.2) is 24.8 Å². The third-order valence-corrected chi connectivity index (χ3v) is 6.41. The Balaban J connectivity index is 1.79. The van der Waals surface area contributed by atoms with Crippen molar-refractivity contribution in [2.45, 2.75) is 19.3 Å². The number of aryl methyl sites for hydroxylation is 1. The van der Waals surface area contributed by atoms with Crippen molar-refractivity contribution in [1.82, 2.24) is 28.4 Å². The Labute approximate surface area is 148 Å². The van der Waals surface area contributed by atoms with Crippen molar-refractivity contribution in [3.8, 4) is 11.3 Å². The van der Waals surface area contributed by atoms with Crippen LogP contribution in [0.25, 0.3) is 11.3 Å². The van der Waals surface area contributed by atoms with Crippen molar-refractivity contribution < 1.29 is 8.42 Å². The molecule has 8 nitrogen and oxygen atoms in total. The van der Waals surface area contributed by atoms with E-state index in [0.717, 1.165) is 29.8 Å². The lowest BCUT2D eigenvalue weighted by Gasteiger charge is -2.33. The molecule has 0 bridgehead atoms. The van der Waals surface area contributed by atoms with Crippen molar-refractivity contribution >= 4 is 10.2 Å². The normalized spacial score (nSPS) is 19.4. The molecule has 9 heteroatoms. The Hall–Kier alpha value is -1.84. The molecule has 0 spiro atoms. The van der Waals surface area contributed by atoms with E-state index in [-0.39, 0.29) is 5.92 Å². The molecule has 136 valence electrons. The molecule has 1 atom stereocenters. The van der Waals surface area contributed by atoms with Gasteiger partial charge >= 0.3 is 0 Å². The van der Waals surface area contributed by atoms with Crippen molar-refractivity contribution in [1.29, 1.82) is 0 Å². The van der Waals surface area contributed by atoms with Crippen LogP contribution in [-0.4, -0.2) is 64.0 Å². The molecule has 0 saturated carbocycles. The quantitative estimate of drug-likeness (QED) is 0.788. The van der Waals surface area contributed by atoms with Crippen LogP contribution in [0, 0.1) is 5.92 Å². The molecular weight excluding hydrogens is 340 g/mol. The number of hydrogen-bond donors (Lipinski definition) is 0. The van der Waals surface area contributed by atoms with Crippen LogP contribution in [0.5, 0.6) is 0 Å². The average Bonchev–Trinajstić information content (AvgIpc) is 3.02. The second-order valence-corrected chi connectivity index (χ2v) is 8.76. The Morgan fingerprint density at radius 2 is 2.04 bits per heavy atom. The summed E-state index contributed by atoms with van der Waals surface area (Å²) in [5, 5.41) is 4.20. The summed E-state index contributed by atoms with van der Waals surface area (Å²) in [4.78, 5) is 8.97. The summed E-state index contributed by atoms with van der Waals surface area (Å²) in [5.41, 5.74) is 2.65. The molecule has 1 saturated heterocycles. The summed E-state index contributed by atoms with van der Waals surface area (Å²) in [6, 6.07) is 0. The van der Waals surface area contributed by atoms with Crippen molar-refractivity contribution in [3.63, 3.8) is 0 Å². The monoisotopic (exact) mass is 364 g/mol. The Morgan fingerprint density at radius 3 is 2.72 bits per heavy atom. The van der Waals surface area contributed by atoms with E-state index in [1.165, 1.54) is 4.31 Å². The van der Waals surface area contributed by atoms with Gasteiger partial charge < -0.3 is 0 Å². The van der Waals surface area contributed by atoms with Gasteiger partial charge in [-0.3, -0.25) is 14.6 Å². The summed E-state index contributed by atoms with van der Waals surface area (Å²) in [6.45, 7) is 1.09. The molecular formula is C16H24N6O2S. The highest BCUT2D eigenvalue weighted by Crippen LogP contribution is 2.26. The van der Waals surface area contributed by atoms with E-state index in [4.69, 9.17) is 0 Å². The van der Waals surface area contributed by atoms with Gasteiger partial charge in [0.15, 0.2) is 0 Å². The predicted molar refractivity (Wildman–Crippen MR) is 94.8 cm³/mol. The smallest absolute Gasteiger partial charge is 0.275 e. The van der Waals surface area contributed by atoms with Gasteiger partial charge in [-0.25, -0.2) is 0 Å². The third kappa shape index (κ3) is 3.88. The van der Waals surface area contributed by atoms with Gasteiger partial charge in [-0.15, -0.1) is 0 Å². The zero-order chi connectivity index (χ0) is 18.0. The summed E-state index contributed by atoms with van der Waals surface area (Å²) in [5.74, 6) is 0.232. The summed E-state index contributed by atoms with van der Waals surface area (Å²) < 4.78 is 29.4. The SMILES string of the molecule is CN(C)S(=O)(=O)N1CCC[C@H](Cc2nccnc2-c2cnn(C)c2)C1. The number of nitrogens with zero attached hydrogens (tertiary/aromatic N) is 6. The lowest BCUT2D eigenvalue weighted by atomic mass is 9.93. The maximum absolute atomic E-state index is 12.4. The van der Waals surface area contributed by atoms with Gasteiger partial charge in [0, 0.05) is 58.4 Å². The second-order valence-electron chi connectivity index (χ2n) is 6.61. The van der Waals surface area contributed by atoms with Gasteiger partial charge in [0.1, 0.15) is 0 Å². The maximum atomic E-state index is 12.4. The molecule has 1 fully saturated rings. The highest BCUT2D eigenvalue weighted by atomic mass is 32.2. The molecule has 1 aliphatic rings. The minimum Gasteiger partial charge on any atom is -0.275 e. The fourth-order valence-corrected chi connectivity index (χ4v) is 4.43. The lowest BCUT2D eigenvalue weighted by Crippen LogP contribution is -2.45. The molecule has 1 aliphatic heterocycles. The van der Waals surface area contributed by atoms with Gasteiger partial charge in [0.2, 0.25) is 0 Å². The van der Waals surface area contributed by atoms with Gasteiger partial charge in [-0.1, -0.05) is 0 Å². The zero-order valence-electron chi connectivity index (χ0n) is 14.8. The summed E-state index contributed by atoms with van der Waals surface area (Å²) >= 11 is 0. The Morgan fingerprint density at radius 1 is 1.28 bits per heavy atom. The van der Waals surface area contributed by atoms with Gasteiger partial charge in [0.05, 0.1) is 17.6 Å². The molecule has 2 aromatic heterocycles.